The summed E-state index contributed by atoms with van der Waals surface area (Å²) in [5.74, 6) is 0. The summed E-state index contributed by atoms with van der Waals surface area (Å²) in [5, 5.41) is 10.4. The number of hydrogen-bond donors (Lipinski definition) is 0. The normalized spacial score (nSPS) is 11.6. The average Bonchev–Trinajstić information content (AvgIpc) is 2.78. The monoisotopic (exact) mass is 354 g/mol. The van der Waals surface area contributed by atoms with E-state index in [1.807, 2.05) is 0 Å². The van der Waals surface area contributed by atoms with E-state index in [0.717, 1.165) is 0 Å². The maximum absolute atomic E-state index is 2.34. The Bertz CT molecular complexity index is 1390. The summed E-state index contributed by atoms with van der Waals surface area (Å²) in [6.45, 7) is 0. The summed E-state index contributed by atoms with van der Waals surface area (Å²) in [4.78, 5) is 0. The third-order valence-electron chi connectivity index (χ3n) is 5.83. The lowest BCUT2D eigenvalue weighted by atomic mass is 9.94. The van der Waals surface area contributed by atoms with Crippen molar-refractivity contribution in [1.82, 2.24) is 0 Å². The third-order valence-corrected chi connectivity index (χ3v) is 5.83. The van der Waals surface area contributed by atoms with Crippen molar-refractivity contribution in [3.63, 3.8) is 0 Å². The minimum absolute atomic E-state index is 1.26. The van der Waals surface area contributed by atoms with Crippen LogP contribution >= 0.6 is 0 Å². The van der Waals surface area contributed by atoms with Crippen molar-refractivity contribution >= 4 is 43.1 Å². The van der Waals surface area contributed by atoms with Gasteiger partial charge in [0.2, 0.25) is 0 Å². The number of benzene rings is 6. The van der Waals surface area contributed by atoms with Crippen LogP contribution in [0.15, 0.2) is 109 Å². The van der Waals surface area contributed by atoms with Gasteiger partial charge in [-0.15, -0.1) is 0 Å². The smallest absolute Gasteiger partial charge is 0.00992 e. The highest BCUT2D eigenvalue weighted by Gasteiger charge is 2.06. The quantitative estimate of drug-likeness (QED) is 0.263. The van der Waals surface area contributed by atoms with E-state index in [2.05, 4.69) is 109 Å². The summed E-state index contributed by atoms with van der Waals surface area (Å²) in [6, 6.07) is 39.7. The van der Waals surface area contributed by atoms with Gasteiger partial charge >= 0.3 is 0 Å². The van der Waals surface area contributed by atoms with Gasteiger partial charge in [0.05, 0.1) is 0 Å². The van der Waals surface area contributed by atoms with Crippen LogP contribution in [0.5, 0.6) is 0 Å². The van der Waals surface area contributed by atoms with Crippen LogP contribution < -0.4 is 0 Å². The Balaban J connectivity index is 1.63. The molecule has 0 N–H and O–H groups in total. The summed E-state index contributed by atoms with van der Waals surface area (Å²) in [6.07, 6.45) is 0. The first-order valence-corrected chi connectivity index (χ1v) is 9.70. The largest absolute Gasteiger partial charge is 0.0616 e. The number of rotatable bonds is 1. The Labute approximate surface area is 163 Å². The minimum atomic E-state index is 1.26. The zero-order chi connectivity index (χ0) is 18.5. The molecule has 6 aromatic rings. The van der Waals surface area contributed by atoms with Crippen molar-refractivity contribution in [1.29, 1.82) is 0 Å². The molecule has 6 rings (SSSR count). The summed E-state index contributed by atoms with van der Waals surface area (Å²) in [7, 11) is 0. The molecule has 0 unspecified atom stereocenters. The van der Waals surface area contributed by atoms with Crippen LogP contribution in [0.2, 0.25) is 0 Å². The summed E-state index contributed by atoms with van der Waals surface area (Å²) in [5.41, 5.74) is 2.53. The fourth-order valence-electron chi connectivity index (χ4n) is 4.36. The predicted octanol–water partition coefficient (Wildman–Crippen LogP) is 7.97. The van der Waals surface area contributed by atoms with E-state index in [4.69, 9.17) is 0 Å². The molecule has 0 aliphatic heterocycles. The van der Waals surface area contributed by atoms with Crippen molar-refractivity contribution in [2.75, 3.05) is 0 Å². The molecule has 0 aromatic heterocycles. The van der Waals surface area contributed by atoms with Crippen molar-refractivity contribution < 1.29 is 0 Å². The highest BCUT2D eigenvalue weighted by Crippen LogP contribution is 2.33. The van der Waals surface area contributed by atoms with Gasteiger partial charge in [-0.25, -0.2) is 0 Å². The lowest BCUT2D eigenvalue weighted by Gasteiger charge is -2.10. The van der Waals surface area contributed by atoms with Crippen molar-refractivity contribution in [2.24, 2.45) is 0 Å². The van der Waals surface area contributed by atoms with Crippen molar-refractivity contribution in [2.45, 2.75) is 0 Å². The lowest BCUT2D eigenvalue weighted by Crippen LogP contribution is -1.83. The highest BCUT2D eigenvalue weighted by atomic mass is 14.1. The molecule has 0 radical (unpaired) electrons. The van der Waals surface area contributed by atoms with Gasteiger partial charge in [-0.1, -0.05) is 97.1 Å². The Morgan fingerprint density at radius 3 is 1.11 bits per heavy atom. The standard InChI is InChI=1S/C28H18/c1-3-7-25-19(5-1)9-11-21-13-15-23(17-27(21)25)24-16-14-22-12-10-20-6-2-4-8-26(20)28(22)18-24/h1-18H. The molecule has 0 spiro atoms. The van der Waals surface area contributed by atoms with Gasteiger partial charge in [-0.2, -0.15) is 0 Å². The molecule has 0 saturated heterocycles. The Morgan fingerprint density at radius 1 is 0.286 bits per heavy atom. The molecule has 0 nitrogen and oxygen atoms in total. The first kappa shape index (κ1) is 15.4. The molecule has 0 aliphatic carbocycles. The average molecular weight is 354 g/mol. The molecule has 0 fully saturated rings. The SMILES string of the molecule is c1ccc2c(c1)ccc1ccc(-c3ccc4ccc5ccccc5c4c3)cc12. The van der Waals surface area contributed by atoms with Crippen LogP contribution in [-0.2, 0) is 0 Å². The molecular formula is C28H18. The van der Waals surface area contributed by atoms with Crippen LogP contribution in [0.25, 0.3) is 54.2 Å². The molecule has 0 heteroatoms. The number of hydrogen-bond acceptors (Lipinski definition) is 0. The van der Waals surface area contributed by atoms with Crippen LogP contribution in [-0.4, -0.2) is 0 Å². The van der Waals surface area contributed by atoms with Gasteiger partial charge in [-0.05, 0) is 66.3 Å². The van der Waals surface area contributed by atoms with Crippen LogP contribution in [0.4, 0.5) is 0 Å². The minimum Gasteiger partial charge on any atom is -0.0616 e. The van der Waals surface area contributed by atoms with Crippen LogP contribution in [0, 0.1) is 0 Å². The fraction of sp³-hybridized carbons (Fsp3) is 0. The first-order chi connectivity index (χ1) is 13.9. The Kier molecular flexibility index (Phi) is 3.27. The molecule has 28 heavy (non-hydrogen) atoms. The Hall–Kier alpha value is -3.64. The second-order valence-electron chi connectivity index (χ2n) is 7.45. The van der Waals surface area contributed by atoms with E-state index in [9.17, 15) is 0 Å². The van der Waals surface area contributed by atoms with E-state index in [1.165, 1.54) is 54.2 Å². The van der Waals surface area contributed by atoms with Crippen molar-refractivity contribution in [3.05, 3.63) is 109 Å². The number of fused-ring (bicyclic) bond motifs is 6. The van der Waals surface area contributed by atoms with Gasteiger partial charge in [0.25, 0.3) is 0 Å². The Morgan fingerprint density at radius 2 is 0.643 bits per heavy atom. The molecule has 0 amide bonds. The van der Waals surface area contributed by atoms with Crippen LogP contribution in [0.1, 0.15) is 0 Å². The van der Waals surface area contributed by atoms with Crippen LogP contribution in [0.3, 0.4) is 0 Å². The van der Waals surface area contributed by atoms with Gasteiger partial charge < -0.3 is 0 Å². The van der Waals surface area contributed by atoms with E-state index in [1.54, 1.807) is 0 Å². The first-order valence-electron chi connectivity index (χ1n) is 9.70. The zero-order valence-electron chi connectivity index (χ0n) is 15.4. The maximum Gasteiger partial charge on any atom is -0.00992 e. The topological polar surface area (TPSA) is 0 Å². The summed E-state index contributed by atoms with van der Waals surface area (Å²) >= 11 is 0. The van der Waals surface area contributed by atoms with E-state index >= 15 is 0 Å². The molecule has 0 heterocycles. The van der Waals surface area contributed by atoms with Gasteiger partial charge in [0.15, 0.2) is 0 Å². The molecule has 130 valence electrons. The predicted molar refractivity (Wildman–Crippen MR) is 122 cm³/mol. The fourth-order valence-corrected chi connectivity index (χ4v) is 4.36. The second kappa shape index (κ2) is 5.94. The van der Waals surface area contributed by atoms with Gasteiger partial charge in [0, 0.05) is 0 Å². The molecule has 0 saturated carbocycles. The molecule has 6 aromatic carbocycles. The zero-order valence-corrected chi connectivity index (χ0v) is 15.4. The van der Waals surface area contributed by atoms with E-state index in [-0.39, 0.29) is 0 Å². The molecule has 0 bridgehead atoms. The van der Waals surface area contributed by atoms with Crippen molar-refractivity contribution in [3.8, 4) is 11.1 Å². The molecule has 0 aliphatic rings. The lowest BCUT2D eigenvalue weighted by molar-refractivity contribution is 1.69. The van der Waals surface area contributed by atoms with E-state index in [0.29, 0.717) is 0 Å². The van der Waals surface area contributed by atoms with E-state index < -0.39 is 0 Å². The third kappa shape index (κ3) is 2.32. The highest BCUT2D eigenvalue weighted by molar-refractivity contribution is 6.10. The second-order valence-corrected chi connectivity index (χ2v) is 7.45. The molecular weight excluding hydrogens is 336 g/mol. The maximum atomic E-state index is 2.34. The molecule has 0 atom stereocenters. The van der Waals surface area contributed by atoms with Gasteiger partial charge in [0.1, 0.15) is 0 Å². The summed E-state index contributed by atoms with van der Waals surface area (Å²) < 4.78 is 0. The van der Waals surface area contributed by atoms with Gasteiger partial charge in [-0.3, -0.25) is 0 Å².